The van der Waals surface area contributed by atoms with Crippen molar-refractivity contribution in [2.24, 2.45) is 0 Å². The van der Waals surface area contributed by atoms with Gasteiger partial charge in [-0.2, -0.15) is 0 Å². The van der Waals surface area contributed by atoms with E-state index in [1.54, 1.807) is 6.20 Å². The van der Waals surface area contributed by atoms with E-state index in [4.69, 9.17) is 16.3 Å². The molecule has 1 fully saturated rings. The fourth-order valence-corrected chi connectivity index (χ4v) is 3.65. The van der Waals surface area contributed by atoms with Crippen LogP contribution in [-0.2, 0) is 0 Å². The van der Waals surface area contributed by atoms with Gasteiger partial charge >= 0.3 is 0 Å². The maximum atomic E-state index is 10.4. The van der Waals surface area contributed by atoms with Crippen LogP contribution in [0.3, 0.4) is 0 Å². The van der Waals surface area contributed by atoms with Crippen LogP contribution < -0.4 is 9.64 Å². The van der Waals surface area contributed by atoms with E-state index in [0.29, 0.717) is 6.54 Å². The summed E-state index contributed by atoms with van der Waals surface area (Å²) in [6.45, 7) is 4.61. The molecule has 28 heavy (non-hydrogen) atoms. The number of rotatable bonds is 6. The monoisotopic (exact) mass is 397 g/mol. The Kier molecular flexibility index (Phi) is 5.95. The lowest BCUT2D eigenvalue weighted by Gasteiger charge is -2.36. The molecule has 0 saturated carbocycles. The summed E-state index contributed by atoms with van der Waals surface area (Å²) in [5, 5.41) is 12.2. The maximum absolute atomic E-state index is 10.4. The highest BCUT2D eigenvalue weighted by molar-refractivity contribution is 6.30. The summed E-state index contributed by atoms with van der Waals surface area (Å²) in [5.41, 5.74) is 2.13. The molecule has 5 nitrogen and oxygen atoms in total. The molecule has 1 saturated heterocycles. The number of aliphatic hydroxyl groups is 1. The van der Waals surface area contributed by atoms with Crippen LogP contribution in [0.5, 0.6) is 5.75 Å². The van der Waals surface area contributed by atoms with E-state index in [1.807, 2.05) is 42.5 Å². The predicted octanol–water partition coefficient (Wildman–Crippen LogP) is 3.45. The minimum absolute atomic E-state index is 0.281. The zero-order valence-corrected chi connectivity index (χ0v) is 16.4. The van der Waals surface area contributed by atoms with Gasteiger partial charge in [0, 0.05) is 55.0 Å². The first-order chi connectivity index (χ1) is 13.7. The van der Waals surface area contributed by atoms with E-state index < -0.39 is 6.10 Å². The number of aliphatic hydroxyl groups excluding tert-OH is 1. The van der Waals surface area contributed by atoms with Crippen LogP contribution in [0.1, 0.15) is 0 Å². The van der Waals surface area contributed by atoms with Gasteiger partial charge in [-0.25, -0.2) is 0 Å². The standard InChI is InChI=1S/C22H24ClN3O2/c23-18-3-5-19(6-4-18)26-12-10-25(11-13-26)15-20(27)16-28-21-7-8-22-17(14-21)2-1-9-24-22/h1-9,14,20,27H,10-13,15-16H2/t20-/m0/s1. The van der Waals surface area contributed by atoms with Gasteiger partial charge < -0.3 is 14.7 Å². The van der Waals surface area contributed by atoms with Crippen LogP contribution in [0.25, 0.3) is 10.9 Å². The maximum Gasteiger partial charge on any atom is 0.120 e. The lowest BCUT2D eigenvalue weighted by Crippen LogP contribution is -2.49. The van der Waals surface area contributed by atoms with Gasteiger partial charge in [0.25, 0.3) is 0 Å². The van der Waals surface area contributed by atoms with Crippen molar-refractivity contribution in [3.8, 4) is 5.75 Å². The molecule has 1 atom stereocenters. The zero-order valence-electron chi connectivity index (χ0n) is 15.7. The summed E-state index contributed by atoms with van der Waals surface area (Å²) in [7, 11) is 0. The van der Waals surface area contributed by atoms with Gasteiger partial charge in [-0.3, -0.25) is 9.88 Å². The molecule has 3 aromatic rings. The van der Waals surface area contributed by atoms with Gasteiger partial charge in [-0.15, -0.1) is 0 Å². The summed E-state index contributed by atoms with van der Waals surface area (Å²) in [4.78, 5) is 8.93. The second-order valence-electron chi connectivity index (χ2n) is 7.09. The number of aromatic nitrogens is 1. The van der Waals surface area contributed by atoms with E-state index in [0.717, 1.165) is 47.9 Å². The molecular weight excluding hydrogens is 374 g/mol. The topological polar surface area (TPSA) is 48.8 Å². The second-order valence-corrected chi connectivity index (χ2v) is 7.52. The molecule has 4 rings (SSSR count). The number of ether oxygens (including phenoxy) is 1. The Labute approximate surface area is 170 Å². The first kappa shape index (κ1) is 19.0. The first-order valence-corrected chi connectivity index (χ1v) is 9.94. The SMILES string of the molecule is O[C@H](COc1ccc2ncccc2c1)CN1CCN(c2ccc(Cl)cc2)CC1. The Morgan fingerprint density at radius 3 is 2.61 bits per heavy atom. The van der Waals surface area contributed by atoms with Gasteiger partial charge in [0.1, 0.15) is 18.5 Å². The average molecular weight is 398 g/mol. The Balaban J connectivity index is 1.24. The van der Waals surface area contributed by atoms with Crippen molar-refractivity contribution in [1.82, 2.24) is 9.88 Å². The lowest BCUT2D eigenvalue weighted by atomic mass is 10.2. The van der Waals surface area contributed by atoms with E-state index in [9.17, 15) is 5.11 Å². The third-order valence-electron chi connectivity index (χ3n) is 5.05. The number of nitrogens with zero attached hydrogens (tertiary/aromatic N) is 3. The Morgan fingerprint density at radius 2 is 1.82 bits per heavy atom. The molecule has 1 aromatic heterocycles. The summed E-state index contributed by atoms with van der Waals surface area (Å²) >= 11 is 5.96. The van der Waals surface area contributed by atoms with Crippen LogP contribution in [0.4, 0.5) is 5.69 Å². The van der Waals surface area contributed by atoms with Crippen LogP contribution in [0, 0.1) is 0 Å². The van der Waals surface area contributed by atoms with Crippen molar-refractivity contribution in [3.05, 3.63) is 65.8 Å². The smallest absolute Gasteiger partial charge is 0.120 e. The van der Waals surface area contributed by atoms with Crippen molar-refractivity contribution < 1.29 is 9.84 Å². The largest absolute Gasteiger partial charge is 0.491 e. The predicted molar refractivity (Wildman–Crippen MR) is 113 cm³/mol. The summed E-state index contributed by atoms with van der Waals surface area (Å²) in [6, 6.07) is 17.7. The Bertz CT molecular complexity index is 911. The third kappa shape index (κ3) is 4.73. The minimum Gasteiger partial charge on any atom is -0.491 e. The number of anilines is 1. The molecule has 0 radical (unpaired) electrons. The quantitative estimate of drug-likeness (QED) is 0.690. The normalized spacial score (nSPS) is 16.3. The third-order valence-corrected chi connectivity index (χ3v) is 5.30. The van der Waals surface area contributed by atoms with Gasteiger partial charge in [0.2, 0.25) is 0 Å². The minimum atomic E-state index is -0.522. The molecule has 0 aliphatic carbocycles. The Morgan fingerprint density at radius 1 is 1.04 bits per heavy atom. The van der Waals surface area contributed by atoms with Crippen molar-refractivity contribution in [3.63, 3.8) is 0 Å². The Hall–Kier alpha value is -2.34. The highest BCUT2D eigenvalue weighted by Crippen LogP contribution is 2.20. The first-order valence-electron chi connectivity index (χ1n) is 9.56. The average Bonchev–Trinajstić information content (AvgIpc) is 2.73. The number of halogens is 1. The number of β-amino-alcohol motifs (C(OH)–C–C–N with tert-alkyl or cyclic N) is 1. The molecule has 0 spiro atoms. The number of benzene rings is 2. The summed E-state index contributed by atoms with van der Waals surface area (Å²) < 4.78 is 5.79. The number of hydrogen-bond donors (Lipinski definition) is 1. The molecule has 2 heterocycles. The summed E-state index contributed by atoms with van der Waals surface area (Å²) in [6.07, 6.45) is 1.26. The fraction of sp³-hybridized carbons (Fsp3) is 0.318. The van der Waals surface area contributed by atoms with E-state index >= 15 is 0 Å². The van der Waals surface area contributed by atoms with Crippen molar-refractivity contribution in [2.75, 3.05) is 44.2 Å². The van der Waals surface area contributed by atoms with E-state index in [2.05, 4.69) is 26.9 Å². The molecule has 1 aliphatic rings. The van der Waals surface area contributed by atoms with Gasteiger partial charge in [0.05, 0.1) is 5.52 Å². The molecule has 6 heteroatoms. The van der Waals surface area contributed by atoms with Crippen molar-refractivity contribution >= 4 is 28.2 Å². The number of pyridine rings is 1. The molecule has 1 N–H and O–H groups in total. The highest BCUT2D eigenvalue weighted by Gasteiger charge is 2.19. The van der Waals surface area contributed by atoms with Gasteiger partial charge in [0.15, 0.2) is 0 Å². The van der Waals surface area contributed by atoms with Gasteiger partial charge in [-0.1, -0.05) is 17.7 Å². The number of hydrogen-bond acceptors (Lipinski definition) is 5. The van der Waals surface area contributed by atoms with E-state index in [1.165, 1.54) is 5.69 Å². The molecule has 1 aliphatic heterocycles. The zero-order chi connectivity index (χ0) is 19.3. The van der Waals surface area contributed by atoms with Crippen LogP contribution in [0.15, 0.2) is 60.8 Å². The van der Waals surface area contributed by atoms with Crippen LogP contribution >= 0.6 is 11.6 Å². The van der Waals surface area contributed by atoms with Crippen molar-refractivity contribution in [1.29, 1.82) is 0 Å². The molecule has 0 bridgehead atoms. The molecule has 146 valence electrons. The highest BCUT2D eigenvalue weighted by atomic mass is 35.5. The number of piperazine rings is 1. The fourth-order valence-electron chi connectivity index (χ4n) is 3.53. The molecular formula is C22H24ClN3O2. The molecule has 2 aromatic carbocycles. The van der Waals surface area contributed by atoms with E-state index in [-0.39, 0.29) is 6.61 Å². The van der Waals surface area contributed by atoms with Gasteiger partial charge in [-0.05, 0) is 48.5 Å². The second kappa shape index (κ2) is 8.78. The van der Waals surface area contributed by atoms with Crippen LogP contribution in [-0.4, -0.2) is 60.4 Å². The molecule has 0 amide bonds. The molecule has 0 unspecified atom stereocenters. The lowest BCUT2D eigenvalue weighted by molar-refractivity contribution is 0.0663. The van der Waals surface area contributed by atoms with Crippen molar-refractivity contribution in [2.45, 2.75) is 6.10 Å². The van der Waals surface area contributed by atoms with Crippen LogP contribution in [0.2, 0.25) is 5.02 Å². The number of fused-ring (bicyclic) bond motifs is 1. The summed E-state index contributed by atoms with van der Waals surface area (Å²) in [5.74, 6) is 0.757.